The minimum Gasteiger partial charge on any atom is -0.379 e. The summed E-state index contributed by atoms with van der Waals surface area (Å²) >= 11 is 0. The summed E-state index contributed by atoms with van der Waals surface area (Å²) in [7, 11) is 3.17. The van der Waals surface area contributed by atoms with Gasteiger partial charge < -0.3 is 23.7 Å². The average molecular weight is 294 g/mol. The summed E-state index contributed by atoms with van der Waals surface area (Å²) in [5.41, 5.74) is 0. The van der Waals surface area contributed by atoms with Gasteiger partial charge in [0, 0.05) is 27.4 Å². The van der Waals surface area contributed by atoms with Gasteiger partial charge in [-0.25, -0.2) is 0 Å². The zero-order chi connectivity index (χ0) is 15.3. The highest BCUT2D eigenvalue weighted by Crippen LogP contribution is 1.89. The molecule has 0 bridgehead atoms. The Labute approximate surface area is 124 Å². The number of rotatable bonds is 14. The fourth-order valence-electron chi connectivity index (χ4n) is 1.15. The van der Waals surface area contributed by atoms with Crippen molar-refractivity contribution in [2.45, 2.75) is 39.5 Å². The Morgan fingerprint density at radius 1 is 0.550 bits per heavy atom. The van der Waals surface area contributed by atoms with Crippen molar-refractivity contribution in [3.63, 3.8) is 0 Å². The molecule has 0 unspecified atom stereocenters. The Bertz CT molecular complexity index is 130. The molecule has 0 amide bonds. The lowest BCUT2D eigenvalue weighted by atomic mass is 10.4. The van der Waals surface area contributed by atoms with Crippen LogP contribution in [0.2, 0.25) is 0 Å². The highest BCUT2D eigenvalue weighted by atomic mass is 16.6. The van der Waals surface area contributed by atoms with Crippen LogP contribution in [0.5, 0.6) is 0 Å². The first-order chi connectivity index (χ1) is 9.83. The summed E-state index contributed by atoms with van der Waals surface area (Å²) in [4.78, 5) is 0. The minimum absolute atomic E-state index is 0.389. The van der Waals surface area contributed by atoms with E-state index >= 15 is 0 Å². The van der Waals surface area contributed by atoms with Crippen molar-refractivity contribution >= 4 is 0 Å². The summed E-state index contributed by atoms with van der Waals surface area (Å²) in [6, 6.07) is 0. The second-order valence-electron chi connectivity index (χ2n) is 4.24. The van der Waals surface area contributed by atoms with Crippen LogP contribution in [-0.2, 0) is 23.7 Å². The molecule has 0 fully saturated rings. The third-order valence-electron chi connectivity index (χ3n) is 2.26. The molecule has 0 atom stereocenters. The van der Waals surface area contributed by atoms with Crippen LogP contribution in [0.3, 0.4) is 0 Å². The Kier molecular flexibility index (Phi) is 26.4. The Balaban J connectivity index is 0. The minimum atomic E-state index is 0.389. The van der Waals surface area contributed by atoms with Crippen LogP contribution >= 0.6 is 0 Å². The molecule has 0 spiro atoms. The number of methoxy groups -OCH3 is 2. The van der Waals surface area contributed by atoms with Crippen LogP contribution in [0, 0.1) is 0 Å². The van der Waals surface area contributed by atoms with Crippen LogP contribution in [0.15, 0.2) is 0 Å². The number of ether oxygens (including phenoxy) is 5. The summed E-state index contributed by atoms with van der Waals surface area (Å²) in [6.45, 7) is 9.19. The molecule has 0 rings (SSSR count). The molecule has 0 aliphatic carbocycles. The van der Waals surface area contributed by atoms with Crippen LogP contribution in [0.4, 0.5) is 0 Å². The van der Waals surface area contributed by atoms with Gasteiger partial charge in [0.25, 0.3) is 0 Å². The Morgan fingerprint density at radius 3 is 1.15 bits per heavy atom. The SMILES string of the molecule is CCCCOCCOCCOCCCC.COCOC. The normalized spacial score (nSPS) is 10.2. The summed E-state index contributed by atoms with van der Waals surface area (Å²) in [5, 5.41) is 0. The van der Waals surface area contributed by atoms with Gasteiger partial charge in [-0.15, -0.1) is 0 Å². The van der Waals surface area contributed by atoms with E-state index in [2.05, 4.69) is 23.3 Å². The average Bonchev–Trinajstić information content (AvgIpc) is 2.46. The molecule has 5 nitrogen and oxygen atoms in total. The quantitative estimate of drug-likeness (QED) is 0.364. The number of hydrogen-bond acceptors (Lipinski definition) is 5. The highest BCUT2D eigenvalue weighted by Gasteiger charge is 1.90. The number of hydrogen-bond donors (Lipinski definition) is 0. The maximum absolute atomic E-state index is 5.35. The van der Waals surface area contributed by atoms with E-state index in [1.807, 2.05) is 0 Å². The second-order valence-corrected chi connectivity index (χ2v) is 4.24. The second kappa shape index (κ2) is 23.9. The van der Waals surface area contributed by atoms with E-state index in [-0.39, 0.29) is 0 Å². The molecular weight excluding hydrogens is 260 g/mol. The monoisotopic (exact) mass is 294 g/mol. The van der Waals surface area contributed by atoms with E-state index in [1.165, 1.54) is 12.8 Å². The lowest BCUT2D eigenvalue weighted by Crippen LogP contribution is -2.10. The van der Waals surface area contributed by atoms with Gasteiger partial charge in [0.1, 0.15) is 6.79 Å². The standard InChI is InChI=1S/C12H26O3.C3H8O2/c1-3-5-7-13-9-11-15-12-10-14-8-6-4-2;1-4-3-5-2/h3-12H2,1-2H3;3H2,1-2H3. The van der Waals surface area contributed by atoms with Crippen molar-refractivity contribution in [2.75, 3.05) is 60.7 Å². The third kappa shape index (κ3) is 26.4. The van der Waals surface area contributed by atoms with Crippen LogP contribution in [0.25, 0.3) is 0 Å². The van der Waals surface area contributed by atoms with Crippen LogP contribution in [-0.4, -0.2) is 60.7 Å². The summed E-state index contributed by atoms with van der Waals surface area (Å²) < 4.78 is 25.0. The van der Waals surface area contributed by atoms with Crippen LogP contribution in [0.1, 0.15) is 39.5 Å². The van der Waals surface area contributed by atoms with Gasteiger partial charge in [0.05, 0.1) is 26.4 Å². The number of unbranched alkanes of at least 4 members (excludes halogenated alkanes) is 2. The van der Waals surface area contributed by atoms with E-state index in [0.29, 0.717) is 33.2 Å². The maximum atomic E-state index is 5.35. The first-order valence-corrected chi connectivity index (χ1v) is 7.54. The van der Waals surface area contributed by atoms with Crippen molar-refractivity contribution in [3.8, 4) is 0 Å². The first-order valence-electron chi connectivity index (χ1n) is 7.54. The zero-order valence-corrected chi connectivity index (χ0v) is 13.8. The Morgan fingerprint density at radius 2 is 0.900 bits per heavy atom. The molecule has 0 aromatic heterocycles. The molecule has 0 aromatic rings. The zero-order valence-electron chi connectivity index (χ0n) is 13.8. The molecule has 124 valence electrons. The predicted molar refractivity (Wildman–Crippen MR) is 81.2 cm³/mol. The fraction of sp³-hybridized carbons (Fsp3) is 1.00. The molecule has 0 radical (unpaired) electrons. The van der Waals surface area contributed by atoms with Crippen molar-refractivity contribution < 1.29 is 23.7 Å². The van der Waals surface area contributed by atoms with E-state index in [1.54, 1.807) is 14.2 Å². The van der Waals surface area contributed by atoms with E-state index in [9.17, 15) is 0 Å². The molecule has 0 N–H and O–H groups in total. The van der Waals surface area contributed by atoms with Gasteiger partial charge in [-0.05, 0) is 12.8 Å². The molecule has 0 heterocycles. The topological polar surface area (TPSA) is 46.2 Å². The van der Waals surface area contributed by atoms with Crippen LogP contribution < -0.4 is 0 Å². The third-order valence-corrected chi connectivity index (χ3v) is 2.26. The summed E-state index contributed by atoms with van der Waals surface area (Å²) in [5.74, 6) is 0. The summed E-state index contributed by atoms with van der Waals surface area (Å²) in [6.07, 6.45) is 4.65. The first kappa shape index (κ1) is 22.1. The molecule has 0 aromatic carbocycles. The molecule has 0 saturated carbocycles. The van der Waals surface area contributed by atoms with Gasteiger partial charge in [0.15, 0.2) is 0 Å². The molecule has 20 heavy (non-hydrogen) atoms. The molecule has 0 saturated heterocycles. The Hall–Kier alpha value is -0.200. The van der Waals surface area contributed by atoms with Crippen molar-refractivity contribution in [3.05, 3.63) is 0 Å². The molecular formula is C15H34O5. The van der Waals surface area contributed by atoms with E-state index in [4.69, 9.17) is 14.2 Å². The van der Waals surface area contributed by atoms with E-state index < -0.39 is 0 Å². The van der Waals surface area contributed by atoms with Gasteiger partial charge >= 0.3 is 0 Å². The van der Waals surface area contributed by atoms with Crippen molar-refractivity contribution in [2.24, 2.45) is 0 Å². The molecule has 0 aliphatic rings. The smallest absolute Gasteiger partial charge is 0.145 e. The lowest BCUT2D eigenvalue weighted by Gasteiger charge is -2.06. The lowest BCUT2D eigenvalue weighted by molar-refractivity contribution is -0.00271. The fourth-order valence-corrected chi connectivity index (χ4v) is 1.15. The van der Waals surface area contributed by atoms with Gasteiger partial charge in [-0.3, -0.25) is 0 Å². The van der Waals surface area contributed by atoms with Crippen molar-refractivity contribution in [1.29, 1.82) is 0 Å². The molecule has 5 heteroatoms. The van der Waals surface area contributed by atoms with Crippen molar-refractivity contribution in [1.82, 2.24) is 0 Å². The predicted octanol–water partition coefficient (Wildman–Crippen LogP) is 2.87. The van der Waals surface area contributed by atoms with Gasteiger partial charge in [-0.2, -0.15) is 0 Å². The van der Waals surface area contributed by atoms with E-state index in [0.717, 1.165) is 26.1 Å². The molecule has 0 aliphatic heterocycles. The highest BCUT2D eigenvalue weighted by molar-refractivity contribution is 4.36. The van der Waals surface area contributed by atoms with Gasteiger partial charge in [0.2, 0.25) is 0 Å². The largest absolute Gasteiger partial charge is 0.379 e. The maximum Gasteiger partial charge on any atom is 0.145 e. The van der Waals surface area contributed by atoms with Gasteiger partial charge in [-0.1, -0.05) is 26.7 Å².